The third-order valence-corrected chi connectivity index (χ3v) is 2.90. The molecule has 1 fully saturated rings. The quantitative estimate of drug-likeness (QED) is 0.783. The molecule has 2 heterocycles. The second-order valence-electron chi connectivity index (χ2n) is 4.47. The highest BCUT2D eigenvalue weighted by Crippen LogP contribution is 2.23. The molecule has 3 N–H and O–H groups in total. The first kappa shape index (κ1) is 11.1. The minimum atomic E-state index is -0.121. The summed E-state index contributed by atoms with van der Waals surface area (Å²) in [6.45, 7) is 5.20. The molecule has 1 aliphatic rings. The summed E-state index contributed by atoms with van der Waals surface area (Å²) in [6.07, 6.45) is 0.892. The molecule has 0 radical (unpaired) electrons. The average molecular weight is 223 g/mol. The first-order valence-electron chi connectivity index (χ1n) is 5.57. The molecular weight excluding hydrogens is 206 g/mol. The number of nitrogen functional groups attached to an aromatic ring is 1. The summed E-state index contributed by atoms with van der Waals surface area (Å²) in [7, 11) is 0. The van der Waals surface area contributed by atoms with Crippen molar-refractivity contribution >= 4 is 5.82 Å². The van der Waals surface area contributed by atoms with E-state index in [1.165, 1.54) is 0 Å². The summed E-state index contributed by atoms with van der Waals surface area (Å²) in [5.41, 5.74) is 6.27. The van der Waals surface area contributed by atoms with Gasteiger partial charge in [-0.1, -0.05) is 13.8 Å². The number of nitrogens with one attached hydrogen (secondary N) is 1. The van der Waals surface area contributed by atoms with Gasteiger partial charge in [0.25, 0.3) is 5.56 Å². The molecule has 0 bridgehead atoms. The SMILES string of the molecule is CC(C)c1c(N)nc(C2CCOC2)[nH]c1=O. The topological polar surface area (TPSA) is 81.0 Å². The Labute approximate surface area is 94.0 Å². The summed E-state index contributed by atoms with van der Waals surface area (Å²) in [5.74, 6) is 1.27. The maximum Gasteiger partial charge on any atom is 0.256 e. The normalized spacial score (nSPS) is 20.6. The van der Waals surface area contributed by atoms with Crippen LogP contribution in [-0.4, -0.2) is 23.2 Å². The van der Waals surface area contributed by atoms with Crippen LogP contribution in [0.2, 0.25) is 0 Å². The average Bonchev–Trinajstić information content (AvgIpc) is 2.67. The van der Waals surface area contributed by atoms with Crippen LogP contribution in [0.25, 0.3) is 0 Å². The van der Waals surface area contributed by atoms with E-state index in [0.29, 0.717) is 23.8 Å². The van der Waals surface area contributed by atoms with Gasteiger partial charge in [-0.05, 0) is 12.3 Å². The van der Waals surface area contributed by atoms with E-state index in [-0.39, 0.29) is 17.4 Å². The van der Waals surface area contributed by atoms with Gasteiger partial charge in [-0.2, -0.15) is 0 Å². The second-order valence-corrected chi connectivity index (χ2v) is 4.47. The van der Waals surface area contributed by atoms with Crippen molar-refractivity contribution in [3.8, 4) is 0 Å². The van der Waals surface area contributed by atoms with E-state index >= 15 is 0 Å². The molecular formula is C11H17N3O2. The molecule has 0 spiro atoms. The third kappa shape index (κ3) is 1.95. The minimum Gasteiger partial charge on any atom is -0.383 e. The fraction of sp³-hybridized carbons (Fsp3) is 0.636. The lowest BCUT2D eigenvalue weighted by Crippen LogP contribution is -2.22. The number of ether oxygens (including phenoxy) is 1. The monoisotopic (exact) mass is 223 g/mol. The molecule has 1 saturated heterocycles. The number of aromatic nitrogens is 2. The lowest BCUT2D eigenvalue weighted by atomic mass is 10.0. The summed E-state index contributed by atoms with van der Waals surface area (Å²) >= 11 is 0. The van der Waals surface area contributed by atoms with E-state index < -0.39 is 0 Å². The zero-order valence-electron chi connectivity index (χ0n) is 9.62. The van der Waals surface area contributed by atoms with E-state index in [4.69, 9.17) is 10.5 Å². The fourth-order valence-electron chi connectivity index (χ4n) is 2.02. The number of aromatic amines is 1. The van der Waals surface area contributed by atoms with Crippen LogP contribution in [0.4, 0.5) is 5.82 Å². The van der Waals surface area contributed by atoms with Gasteiger partial charge in [0.1, 0.15) is 11.6 Å². The van der Waals surface area contributed by atoms with Crippen LogP contribution in [0.1, 0.15) is 43.5 Å². The molecule has 88 valence electrons. The Balaban J connectivity index is 2.40. The molecule has 5 heteroatoms. The van der Waals surface area contributed by atoms with Crippen LogP contribution in [0.5, 0.6) is 0 Å². The third-order valence-electron chi connectivity index (χ3n) is 2.90. The van der Waals surface area contributed by atoms with Gasteiger partial charge in [-0.3, -0.25) is 4.79 Å². The Bertz CT molecular complexity index is 433. The van der Waals surface area contributed by atoms with Gasteiger partial charge in [-0.15, -0.1) is 0 Å². The number of hydrogen-bond donors (Lipinski definition) is 2. The number of anilines is 1. The molecule has 1 aliphatic heterocycles. The van der Waals surface area contributed by atoms with Crippen LogP contribution in [0.15, 0.2) is 4.79 Å². The molecule has 0 saturated carbocycles. The van der Waals surface area contributed by atoms with E-state index in [1.807, 2.05) is 13.8 Å². The zero-order chi connectivity index (χ0) is 11.7. The van der Waals surface area contributed by atoms with Crippen molar-refractivity contribution in [1.82, 2.24) is 9.97 Å². The first-order valence-corrected chi connectivity index (χ1v) is 5.57. The van der Waals surface area contributed by atoms with E-state index in [9.17, 15) is 4.79 Å². The molecule has 5 nitrogen and oxygen atoms in total. The Kier molecular flexibility index (Phi) is 2.96. The zero-order valence-corrected chi connectivity index (χ0v) is 9.62. The van der Waals surface area contributed by atoms with Crippen molar-refractivity contribution in [3.63, 3.8) is 0 Å². The van der Waals surface area contributed by atoms with E-state index in [2.05, 4.69) is 9.97 Å². The Morgan fingerprint density at radius 3 is 2.81 bits per heavy atom. The van der Waals surface area contributed by atoms with Crippen molar-refractivity contribution in [2.75, 3.05) is 18.9 Å². The number of rotatable bonds is 2. The maximum absolute atomic E-state index is 11.8. The maximum atomic E-state index is 11.8. The van der Waals surface area contributed by atoms with E-state index in [1.54, 1.807) is 0 Å². The summed E-state index contributed by atoms with van der Waals surface area (Å²) in [5, 5.41) is 0. The number of nitrogens with zero attached hydrogens (tertiary/aromatic N) is 1. The highest BCUT2D eigenvalue weighted by Gasteiger charge is 2.22. The molecule has 1 atom stereocenters. The van der Waals surface area contributed by atoms with Gasteiger partial charge >= 0.3 is 0 Å². The van der Waals surface area contributed by atoms with Gasteiger partial charge in [-0.25, -0.2) is 4.98 Å². The lowest BCUT2D eigenvalue weighted by Gasteiger charge is -2.11. The van der Waals surface area contributed by atoms with Crippen LogP contribution < -0.4 is 11.3 Å². The predicted octanol–water partition coefficient (Wildman–Crippen LogP) is 0.979. The van der Waals surface area contributed by atoms with Crippen LogP contribution in [0, 0.1) is 0 Å². The highest BCUT2D eigenvalue weighted by atomic mass is 16.5. The molecule has 0 amide bonds. The summed E-state index contributed by atoms with van der Waals surface area (Å²) < 4.78 is 5.27. The number of H-pyrrole nitrogens is 1. The first-order chi connectivity index (χ1) is 7.59. The van der Waals surface area contributed by atoms with Crippen molar-refractivity contribution in [1.29, 1.82) is 0 Å². The molecule has 16 heavy (non-hydrogen) atoms. The Morgan fingerprint density at radius 2 is 2.31 bits per heavy atom. The van der Waals surface area contributed by atoms with Gasteiger partial charge in [0.05, 0.1) is 12.2 Å². The van der Waals surface area contributed by atoms with Crippen LogP contribution in [0.3, 0.4) is 0 Å². The molecule has 0 aliphatic carbocycles. The number of hydrogen-bond acceptors (Lipinski definition) is 4. The standard InChI is InChI=1S/C11H17N3O2/c1-6(2)8-9(12)13-10(14-11(8)15)7-3-4-16-5-7/h6-7H,3-5H2,1-2H3,(H3,12,13,14,15). The Hall–Kier alpha value is -1.36. The van der Waals surface area contributed by atoms with Gasteiger partial charge in [0.2, 0.25) is 0 Å². The molecule has 1 unspecified atom stereocenters. The molecule has 1 aromatic rings. The minimum absolute atomic E-state index is 0.0881. The molecule has 2 rings (SSSR count). The molecule has 0 aromatic carbocycles. The van der Waals surface area contributed by atoms with E-state index in [0.717, 1.165) is 13.0 Å². The smallest absolute Gasteiger partial charge is 0.256 e. The van der Waals surface area contributed by atoms with Gasteiger partial charge in [0, 0.05) is 12.5 Å². The summed E-state index contributed by atoms with van der Waals surface area (Å²) in [6, 6.07) is 0. The van der Waals surface area contributed by atoms with Crippen molar-refractivity contribution in [3.05, 3.63) is 21.7 Å². The number of nitrogens with two attached hydrogens (primary N) is 1. The lowest BCUT2D eigenvalue weighted by molar-refractivity contribution is 0.193. The largest absolute Gasteiger partial charge is 0.383 e. The van der Waals surface area contributed by atoms with Crippen LogP contribution >= 0.6 is 0 Å². The van der Waals surface area contributed by atoms with Gasteiger partial charge < -0.3 is 15.5 Å². The predicted molar refractivity (Wildman–Crippen MR) is 61.5 cm³/mol. The van der Waals surface area contributed by atoms with Gasteiger partial charge in [0.15, 0.2) is 0 Å². The summed E-state index contributed by atoms with van der Waals surface area (Å²) in [4.78, 5) is 18.9. The van der Waals surface area contributed by atoms with Crippen molar-refractivity contribution in [2.45, 2.75) is 32.1 Å². The molecule has 1 aromatic heterocycles. The Morgan fingerprint density at radius 1 is 1.56 bits per heavy atom. The van der Waals surface area contributed by atoms with Crippen LogP contribution in [-0.2, 0) is 4.74 Å². The second kappa shape index (κ2) is 4.25. The fourth-order valence-corrected chi connectivity index (χ4v) is 2.02. The highest BCUT2D eigenvalue weighted by molar-refractivity contribution is 5.40. The van der Waals surface area contributed by atoms with Crippen molar-refractivity contribution < 1.29 is 4.74 Å². The van der Waals surface area contributed by atoms with Crippen molar-refractivity contribution in [2.24, 2.45) is 0 Å².